The van der Waals surface area contributed by atoms with Gasteiger partial charge in [-0.15, -0.1) is 0 Å². The van der Waals surface area contributed by atoms with Crippen molar-refractivity contribution in [1.29, 1.82) is 0 Å². The molecule has 0 aliphatic rings. The first kappa shape index (κ1) is 17.9. The summed E-state index contributed by atoms with van der Waals surface area (Å²) in [7, 11) is 0. The molecule has 0 saturated carbocycles. The van der Waals surface area contributed by atoms with Crippen LogP contribution in [0.4, 0.5) is 0 Å². The van der Waals surface area contributed by atoms with Gasteiger partial charge in [0.05, 0.1) is 0 Å². The van der Waals surface area contributed by atoms with Crippen molar-refractivity contribution in [3.05, 3.63) is 0 Å². The average molecular weight is 256 g/mol. The Kier molecular flexibility index (Phi) is 11.9. The molecule has 0 aromatic heterocycles. The zero-order valence-corrected chi connectivity index (χ0v) is 13.5. The highest BCUT2D eigenvalue weighted by molar-refractivity contribution is 4.61. The minimum absolute atomic E-state index is 0.635. The second-order valence-corrected chi connectivity index (χ2v) is 5.93. The summed E-state index contributed by atoms with van der Waals surface area (Å²) in [4.78, 5) is 2.61. The SMILES string of the molecule is CCC(C)CN(CC)CCCCCCNC(C)C. The van der Waals surface area contributed by atoms with Crippen molar-refractivity contribution in [2.45, 2.75) is 72.8 Å². The standard InChI is InChI=1S/C16H36N2/c1-6-16(5)14-18(7-2)13-11-9-8-10-12-17-15(3)4/h15-17H,6-14H2,1-5H3. The minimum atomic E-state index is 0.635. The Bertz CT molecular complexity index is 168. The summed E-state index contributed by atoms with van der Waals surface area (Å²) in [6, 6.07) is 0.635. The van der Waals surface area contributed by atoms with Crippen molar-refractivity contribution in [3.8, 4) is 0 Å². The maximum absolute atomic E-state index is 3.48. The molecule has 110 valence electrons. The van der Waals surface area contributed by atoms with E-state index in [1.54, 1.807) is 0 Å². The Labute approximate surface area is 116 Å². The molecule has 0 aromatic rings. The summed E-state index contributed by atoms with van der Waals surface area (Å²) in [6.45, 7) is 16.3. The van der Waals surface area contributed by atoms with Crippen LogP contribution in [0.15, 0.2) is 0 Å². The van der Waals surface area contributed by atoms with Crippen LogP contribution in [0.25, 0.3) is 0 Å². The van der Waals surface area contributed by atoms with Gasteiger partial charge < -0.3 is 10.2 Å². The molecule has 1 N–H and O–H groups in total. The zero-order valence-electron chi connectivity index (χ0n) is 13.5. The van der Waals surface area contributed by atoms with E-state index in [0.29, 0.717) is 6.04 Å². The number of hydrogen-bond acceptors (Lipinski definition) is 2. The molecule has 0 aliphatic carbocycles. The zero-order chi connectivity index (χ0) is 13.8. The Hall–Kier alpha value is -0.0800. The van der Waals surface area contributed by atoms with Gasteiger partial charge in [-0.2, -0.15) is 0 Å². The van der Waals surface area contributed by atoms with E-state index in [2.05, 4.69) is 44.8 Å². The van der Waals surface area contributed by atoms with Crippen molar-refractivity contribution in [2.75, 3.05) is 26.2 Å². The van der Waals surface area contributed by atoms with E-state index in [1.165, 1.54) is 58.3 Å². The summed E-state index contributed by atoms with van der Waals surface area (Å²) < 4.78 is 0. The van der Waals surface area contributed by atoms with Crippen LogP contribution in [-0.4, -0.2) is 37.1 Å². The normalized spacial score (nSPS) is 13.5. The van der Waals surface area contributed by atoms with Crippen LogP contribution in [0, 0.1) is 5.92 Å². The second-order valence-electron chi connectivity index (χ2n) is 5.93. The van der Waals surface area contributed by atoms with Crippen molar-refractivity contribution in [3.63, 3.8) is 0 Å². The number of hydrogen-bond donors (Lipinski definition) is 1. The van der Waals surface area contributed by atoms with Gasteiger partial charge in [-0.25, -0.2) is 0 Å². The molecule has 18 heavy (non-hydrogen) atoms. The van der Waals surface area contributed by atoms with Crippen molar-refractivity contribution < 1.29 is 0 Å². The fourth-order valence-electron chi connectivity index (χ4n) is 2.15. The molecular formula is C16H36N2. The molecule has 0 spiro atoms. The third kappa shape index (κ3) is 11.0. The summed E-state index contributed by atoms with van der Waals surface area (Å²) >= 11 is 0. The smallest absolute Gasteiger partial charge is 0.00103 e. The maximum atomic E-state index is 3.48. The maximum Gasteiger partial charge on any atom is 0.00103 e. The Morgan fingerprint density at radius 1 is 0.944 bits per heavy atom. The molecule has 0 radical (unpaired) electrons. The third-order valence-electron chi connectivity index (χ3n) is 3.67. The van der Waals surface area contributed by atoms with Gasteiger partial charge >= 0.3 is 0 Å². The van der Waals surface area contributed by atoms with Gasteiger partial charge in [-0.05, 0) is 38.4 Å². The largest absolute Gasteiger partial charge is 0.315 e. The summed E-state index contributed by atoms with van der Waals surface area (Å²) in [5, 5.41) is 3.48. The highest BCUT2D eigenvalue weighted by Gasteiger charge is 2.06. The molecule has 0 bridgehead atoms. The topological polar surface area (TPSA) is 15.3 Å². The lowest BCUT2D eigenvalue weighted by Crippen LogP contribution is -2.29. The first-order valence-corrected chi connectivity index (χ1v) is 8.05. The molecule has 1 atom stereocenters. The second kappa shape index (κ2) is 12.0. The van der Waals surface area contributed by atoms with Gasteiger partial charge in [-0.1, -0.05) is 53.9 Å². The van der Waals surface area contributed by atoms with Crippen LogP contribution in [-0.2, 0) is 0 Å². The van der Waals surface area contributed by atoms with Crippen LogP contribution in [0.5, 0.6) is 0 Å². The first-order chi connectivity index (χ1) is 8.60. The Morgan fingerprint density at radius 2 is 1.61 bits per heavy atom. The number of nitrogens with one attached hydrogen (secondary N) is 1. The molecule has 2 nitrogen and oxygen atoms in total. The highest BCUT2D eigenvalue weighted by atomic mass is 15.1. The number of unbranched alkanes of at least 4 members (excludes halogenated alkanes) is 3. The molecule has 0 aliphatic heterocycles. The van der Waals surface area contributed by atoms with E-state index in [1.807, 2.05) is 0 Å². The number of rotatable bonds is 12. The van der Waals surface area contributed by atoms with E-state index in [-0.39, 0.29) is 0 Å². The minimum Gasteiger partial charge on any atom is -0.315 e. The van der Waals surface area contributed by atoms with Gasteiger partial charge in [0.1, 0.15) is 0 Å². The molecule has 0 rings (SSSR count). The fourth-order valence-corrected chi connectivity index (χ4v) is 2.15. The first-order valence-electron chi connectivity index (χ1n) is 8.05. The van der Waals surface area contributed by atoms with Crippen LogP contribution < -0.4 is 5.32 Å². The summed E-state index contributed by atoms with van der Waals surface area (Å²) in [5.41, 5.74) is 0. The van der Waals surface area contributed by atoms with E-state index >= 15 is 0 Å². The van der Waals surface area contributed by atoms with Crippen molar-refractivity contribution in [1.82, 2.24) is 10.2 Å². The van der Waals surface area contributed by atoms with Gasteiger partial charge in [-0.3, -0.25) is 0 Å². The molecule has 0 heterocycles. The fraction of sp³-hybridized carbons (Fsp3) is 1.00. The van der Waals surface area contributed by atoms with Crippen LogP contribution in [0.3, 0.4) is 0 Å². The Balaban J connectivity index is 3.39. The monoisotopic (exact) mass is 256 g/mol. The predicted octanol–water partition coefficient (Wildman–Crippen LogP) is 3.91. The Morgan fingerprint density at radius 3 is 2.17 bits per heavy atom. The molecule has 0 amide bonds. The molecule has 2 heteroatoms. The van der Waals surface area contributed by atoms with Gasteiger partial charge in [0.15, 0.2) is 0 Å². The van der Waals surface area contributed by atoms with Gasteiger partial charge in [0, 0.05) is 12.6 Å². The predicted molar refractivity (Wildman–Crippen MR) is 83.2 cm³/mol. The molecule has 0 fully saturated rings. The molecule has 1 unspecified atom stereocenters. The third-order valence-corrected chi connectivity index (χ3v) is 3.67. The van der Waals surface area contributed by atoms with Crippen molar-refractivity contribution in [2.24, 2.45) is 5.92 Å². The van der Waals surface area contributed by atoms with Gasteiger partial charge in [0.25, 0.3) is 0 Å². The molecule has 0 aromatic carbocycles. The van der Waals surface area contributed by atoms with Crippen LogP contribution in [0.1, 0.15) is 66.7 Å². The quantitative estimate of drug-likeness (QED) is 0.533. The van der Waals surface area contributed by atoms with Crippen LogP contribution >= 0.6 is 0 Å². The van der Waals surface area contributed by atoms with E-state index in [4.69, 9.17) is 0 Å². The summed E-state index contributed by atoms with van der Waals surface area (Å²) in [6.07, 6.45) is 6.76. The van der Waals surface area contributed by atoms with Crippen molar-refractivity contribution >= 4 is 0 Å². The van der Waals surface area contributed by atoms with E-state index in [0.717, 1.165) is 5.92 Å². The lowest BCUT2D eigenvalue weighted by molar-refractivity contribution is 0.240. The molecule has 0 saturated heterocycles. The van der Waals surface area contributed by atoms with Crippen LogP contribution in [0.2, 0.25) is 0 Å². The highest BCUT2D eigenvalue weighted by Crippen LogP contribution is 2.07. The lowest BCUT2D eigenvalue weighted by Gasteiger charge is -2.23. The van der Waals surface area contributed by atoms with E-state index in [9.17, 15) is 0 Å². The lowest BCUT2D eigenvalue weighted by atomic mass is 10.1. The van der Waals surface area contributed by atoms with E-state index < -0.39 is 0 Å². The molecular weight excluding hydrogens is 220 g/mol. The number of nitrogens with zero attached hydrogens (tertiary/aromatic N) is 1. The summed E-state index contributed by atoms with van der Waals surface area (Å²) in [5.74, 6) is 0.847. The average Bonchev–Trinajstić information content (AvgIpc) is 2.35. The van der Waals surface area contributed by atoms with Gasteiger partial charge in [0.2, 0.25) is 0 Å².